The maximum absolute atomic E-state index is 12.7. The van der Waals surface area contributed by atoms with Gasteiger partial charge in [-0.1, -0.05) is 0 Å². The Morgan fingerprint density at radius 1 is 0.935 bits per heavy atom. The van der Waals surface area contributed by atoms with Gasteiger partial charge in [0, 0.05) is 5.56 Å². The lowest BCUT2D eigenvalue weighted by Crippen LogP contribution is -2.18. The van der Waals surface area contributed by atoms with E-state index >= 15 is 0 Å². The number of phenols is 1. The first-order chi connectivity index (χ1) is 14.9. The van der Waals surface area contributed by atoms with Crippen LogP contribution in [0.5, 0.6) is 28.7 Å². The molecule has 31 heavy (non-hydrogen) atoms. The van der Waals surface area contributed by atoms with Crippen LogP contribution in [0.1, 0.15) is 43.6 Å². The first-order valence-corrected chi connectivity index (χ1v) is 10.8. The van der Waals surface area contributed by atoms with Gasteiger partial charge in [-0.3, -0.25) is 4.79 Å². The van der Waals surface area contributed by atoms with Gasteiger partial charge >= 0.3 is 0 Å². The van der Waals surface area contributed by atoms with Gasteiger partial charge in [0.1, 0.15) is 0 Å². The average molecular weight is 495 g/mol. The van der Waals surface area contributed by atoms with Crippen LogP contribution in [-0.4, -0.2) is 43.7 Å². The van der Waals surface area contributed by atoms with Crippen LogP contribution in [-0.2, 0) is 0 Å². The Bertz CT molecular complexity index is 905. The summed E-state index contributed by atoms with van der Waals surface area (Å²) in [4.78, 5) is 12.7. The van der Waals surface area contributed by atoms with Gasteiger partial charge in [0.15, 0.2) is 23.0 Å². The van der Waals surface area contributed by atoms with Gasteiger partial charge in [0.2, 0.25) is 5.75 Å². The SMILES string of the molecule is CCOc1cc(C=NNC(=O)c2cc(OCC)c(OCC)c(OCC)c2)cc(Br)c1O. The van der Waals surface area contributed by atoms with Crippen LogP contribution in [0.25, 0.3) is 0 Å². The first-order valence-electron chi connectivity index (χ1n) is 10.00. The third kappa shape index (κ3) is 6.52. The molecule has 0 saturated heterocycles. The number of phenolic OH excluding ortho intramolecular Hbond substituents is 1. The zero-order valence-corrected chi connectivity index (χ0v) is 19.6. The number of amides is 1. The maximum Gasteiger partial charge on any atom is 0.271 e. The molecule has 0 radical (unpaired) electrons. The van der Waals surface area contributed by atoms with Crippen LogP contribution < -0.4 is 24.4 Å². The number of hydrogen-bond donors (Lipinski definition) is 2. The second-order valence-corrected chi connectivity index (χ2v) is 6.94. The van der Waals surface area contributed by atoms with E-state index in [-0.39, 0.29) is 5.75 Å². The number of nitrogens with one attached hydrogen (secondary N) is 1. The highest BCUT2D eigenvalue weighted by atomic mass is 79.9. The van der Waals surface area contributed by atoms with Crippen molar-refractivity contribution in [2.45, 2.75) is 27.7 Å². The van der Waals surface area contributed by atoms with Crippen molar-refractivity contribution in [3.8, 4) is 28.7 Å². The molecule has 0 unspecified atom stereocenters. The number of halogens is 1. The van der Waals surface area contributed by atoms with Gasteiger partial charge in [-0.2, -0.15) is 5.10 Å². The molecule has 8 nitrogen and oxygen atoms in total. The van der Waals surface area contributed by atoms with Crippen LogP contribution in [0.15, 0.2) is 33.8 Å². The Labute approximate surface area is 190 Å². The van der Waals surface area contributed by atoms with Crippen molar-refractivity contribution in [1.29, 1.82) is 0 Å². The number of ether oxygens (including phenoxy) is 4. The normalized spacial score (nSPS) is 10.7. The zero-order valence-electron chi connectivity index (χ0n) is 18.0. The Hall–Kier alpha value is -2.94. The molecule has 0 bridgehead atoms. The molecule has 0 aliphatic heterocycles. The summed E-state index contributed by atoms with van der Waals surface area (Å²) in [6.45, 7) is 9.03. The van der Waals surface area contributed by atoms with Crippen molar-refractivity contribution in [2.75, 3.05) is 26.4 Å². The summed E-state index contributed by atoms with van der Waals surface area (Å²) in [7, 11) is 0. The van der Waals surface area contributed by atoms with E-state index in [0.29, 0.717) is 65.0 Å². The van der Waals surface area contributed by atoms with Gasteiger partial charge in [-0.25, -0.2) is 5.43 Å². The fraction of sp³-hybridized carbons (Fsp3) is 0.364. The molecular weight excluding hydrogens is 468 g/mol. The third-order valence-corrected chi connectivity index (χ3v) is 4.51. The van der Waals surface area contributed by atoms with Gasteiger partial charge < -0.3 is 24.1 Å². The standard InChI is InChI=1S/C22H27BrN2O6/c1-5-28-17-10-14(9-16(23)20(17)26)13-24-25-22(27)15-11-18(29-6-2)21(31-8-4)19(12-15)30-7-3/h9-13,26H,5-8H2,1-4H3,(H,25,27). The summed E-state index contributed by atoms with van der Waals surface area (Å²) in [6.07, 6.45) is 1.45. The predicted octanol–water partition coefficient (Wildman–Crippen LogP) is 4.51. The largest absolute Gasteiger partial charge is 0.503 e. The Balaban J connectivity index is 2.25. The quantitative estimate of drug-likeness (QED) is 0.352. The van der Waals surface area contributed by atoms with E-state index in [1.807, 2.05) is 27.7 Å². The van der Waals surface area contributed by atoms with Crippen molar-refractivity contribution in [2.24, 2.45) is 5.10 Å². The highest BCUT2D eigenvalue weighted by Gasteiger charge is 2.18. The van der Waals surface area contributed by atoms with E-state index in [2.05, 4.69) is 26.5 Å². The fourth-order valence-corrected chi connectivity index (χ4v) is 3.14. The molecule has 2 N–H and O–H groups in total. The van der Waals surface area contributed by atoms with E-state index in [0.717, 1.165) is 0 Å². The van der Waals surface area contributed by atoms with Crippen molar-refractivity contribution in [3.05, 3.63) is 39.9 Å². The van der Waals surface area contributed by atoms with E-state index in [1.54, 1.807) is 24.3 Å². The topological polar surface area (TPSA) is 98.6 Å². The van der Waals surface area contributed by atoms with Gasteiger partial charge in [0.05, 0.1) is 37.1 Å². The molecule has 9 heteroatoms. The van der Waals surface area contributed by atoms with E-state index in [9.17, 15) is 9.90 Å². The molecule has 2 aromatic rings. The summed E-state index contributed by atoms with van der Waals surface area (Å²) in [5.41, 5.74) is 3.43. The number of aromatic hydroxyl groups is 1. The smallest absolute Gasteiger partial charge is 0.271 e. The molecule has 0 fully saturated rings. The van der Waals surface area contributed by atoms with E-state index < -0.39 is 5.91 Å². The highest BCUT2D eigenvalue weighted by molar-refractivity contribution is 9.10. The molecule has 1 amide bonds. The Kier molecular flexibility index (Phi) is 9.45. The number of hydrogen-bond acceptors (Lipinski definition) is 7. The van der Waals surface area contributed by atoms with Crippen molar-refractivity contribution in [3.63, 3.8) is 0 Å². The molecule has 0 aliphatic rings. The maximum atomic E-state index is 12.7. The summed E-state index contributed by atoms with van der Waals surface area (Å²) in [6, 6.07) is 6.46. The lowest BCUT2D eigenvalue weighted by atomic mass is 10.1. The van der Waals surface area contributed by atoms with Gasteiger partial charge in [-0.05, 0) is 73.5 Å². The van der Waals surface area contributed by atoms with E-state index in [1.165, 1.54) is 6.21 Å². The molecule has 0 aliphatic carbocycles. The van der Waals surface area contributed by atoms with Crippen LogP contribution in [0.4, 0.5) is 0 Å². The monoisotopic (exact) mass is 494 g/mol. The summed E-state index contributed by atoms with van der Waals surface area (Å²) in [5, 5.41) is 14.0. The highest BCUT2D eigenvalue weighted by Crippen LogP contribution is 2.39. The van der Waals surface area contributed by atoms with Crippen molar-refractivity contribution >= 4 is 28.1 Å². The number of hydrazone groups is 1. The molecule has 168 valence electrons. The van der Waals surface area contributed by atoms with Crippen molar-refractivity contribution in [1.82, 2.24) is 5.43 Å². The average Bonchev–Trinajstić information content (AvgIpc) is 2.74. The predicted molar refractivity (Wildman–Crippen MR) is 122 cm³/mol. The molecule has 0 aromatic heterocycles. The molecule has 2 rings (SSSR count). The number of benzene rings is 2. The van der Waals surface area contributed by atoms with Crippen molar-refractivity contribution < 1.29 is 28.8 Å². The van der Waals surface area contributed by atoms with Crippen LogP contribution in [0.3, 0.4) is 0 Å². The van der Waals surface area contributed by atoms with Crippen LogP contribution in [0.2, 0.25) is 0 Å². The minimum absolute atomic E-state index is 0.00401. The second-order valence-electron chi connectivity index (χ2n) is 6.08. The second kappa shape index (κ2) is 12.0. The summed E-state index contributed by atoms with van der Waals surface area (Å²) >= 11 is 3.27. The lowest BCUT2D eigenvalue weighted by molar-refractivity contribution is 0.0954. The summed E-state index contributed by atoms with van der Waals surface area (Å²) in [5.74, 6) is 1.19. The number of carbonyl (C=O) groups is 1. The summed E-state index contributed by atoms with van der Waals surface area (Å²) < 4.78 is 22.8. The molecular formula is C22H27BrN2O6. The van der Waals surface area contributed by atoms with E-state index in [4.69, 9.17) is 18.9 Å². The Morgan fingerprint density at radius 3 is 2.03 bits per heavy atom. The number of rotatable bonds is 11. The first kappa shape index (κ1) is 24.3. The molecule has 0 atom stereocenters. The van der Waals surface area contributed by atoms with Crippen LogP contribution >= 0.6 is 15.9 Å². The van der Waals surface area contributed by atoms with Gasteiger partial charge in [-0.15, -0.1) is 0 Å². The molecule has 0 spiro atoms. The molecule has 0 saturated carbocycles. The molecule has 0 heterocycles. The van der Waals surface area contributed by atoms with Crippen LogP contribution in [0, 0.1) is 0 Å². The minimum atomic E-state index is -0.441. The zero-order chi connectivity index (χ0) is 22.8. The Morgan fingerprint density at radius 2 is 1.48 bits per heavy atom. The lowest BCUT2D eigenvalue weighted by Gasteiger charge is -2.16. The molecule has 2 aromatic carbocycles. The third-order valence-electron chi connectivity index (χ3n) is 3.90. The number of carbonyl (C=O) groups excluding carboxylic acids is 1. The number of nitrogens with zero attached hydrogens (tertiary/aromatic N) is 1. The van der Waals surface area contributed by atoms with Gasteiger partial charge in [0.25, 0.3) is 5.91 Å². The fourth-order valence-electron chi connectivity index (χ4n) is 2.68. The minimum Gasteiger partial charge on any atom is -0.503 e.